The first-order valence-corrected chi connectivity index (χ1v) is 25.2. The van der Waals surface area contributed by atoms with E-state index >= 15 is 0 Å². The van der Waals surface area contributed by atoms with Crippen LogP contribution in [0.15, 0.2) is 55.6 Å². The molecule has 0 amide bonds. The van der Waals surface area contributed by atoms with Gasteiger partial charge in [0.2, 0.25) is 15.3 Å². The molecule has 0 saturated carbocycles. The van der Waals surface area contributed by atoms with Crippen molar-refractivity contribution in [2.75, 3.05) is 5.75 Å². The summed E-state index contributed by atoms with van der Waals surface area (Å²) in [7, 11) is -7.47. The molecule has 16 heteroatoms. The van der Waals surface area contributed by atoms with Gasteiger partial charge >= 0.3 is 0 Å². The summed E-state index contributed by atoms with van der Waals surface area (Å²) in [5, 5.41) is 27.4. The van der Waals surface area contributed by atoms with E-state index in [-0.39, 0.29) is 54.2 Å². The third-order valence-corrected chi connectivity index (χ3v) is 17.1. The van der Waals surface area contributed by atoms with Crippen LogP contribution >= 0.6 is 34.3 Å². The molecule has 6 rings (SSSR count). The number of sulfone groups is 1. The molecule has 0 aliphatic heterocycles. The Balaban J connectivity index is 0.000000223. The predicted octanol–water partition coefficient (Wildman–Crippen LogP) is 10.1. The number of primary sulfonamides is 1. The van der Waals surface area contributed by atoms with Crippen LogP contribution in [0.2, 0.25) is 0 Å². The molecule has 4 N–H and O–H groups in total. The quantitative estimate of drug-likeness (QED) is 0.132. The average molecular weight is 943 g/mol. The molecular formula is C45H58ClF2NO8S4. The molecule has 2 aliphatic rings. The highest BCUT2D eigenvalue weighted by atomic mass is 35.5. The fourth-order valence-corrected chi connectivity index (χ4v) is 12.7. The lowest BCUT2D eigenvalue weighted by molar-refractivity contribution is -0.118. The largest absolute Gasteiger partial charge is 0.386 e. The Morgan fingerprint density at radius 1 is 0.738 bits per heavy atom. The number of rotatable bonds is 10. The van der Waals surface area contributed by atoms with Crippen molar-refractivity contribution in [3.63, 3.8) is 0 Å². The van der Waals surface area contributed by atoms with Crippen molar-refractivity contribution >= 4 is 65.2 Å². The van der Waals surface area contributed by atoms with E-state index in [4.69, 9.17) is 16.7 Å². The summed E-state index contributed by atoms with van der Waals surface area (Å²) in [5.74, 6) is -2.20. The number of fused-ring (bicyclic) bond motifs is 2. The van der Waals surface area contributed by atoms with Gasteiger partial charge in [-0.15, -0.1) is 22.7 Å². The maximum atomic E-state index is 14.2. The topological polar surface area (TPSA) is 169 Å². The number of Topliss-reactive ketones (excluding diaryl/α,β-unsaturated/α-hetero) is 1. The van der Waals surface area contributed by atoms with Gasteiger partial charge in [0.1, 0.15) is 25.8 Å². The van der Waals surface area contributed by atoms with Crippen LogP contribution in [0.5, 0.6) is 0 Å². The van der Waals surface area contributed by atoms with Gasteiger partial charge in [0, 0.05) is 5.92 Å². The van der Waals surface area contributed by atoms with E-state index in [1.807, 2.05) is 55.4 Å². The molecule has 0 radical (unpaired) electrons. The van der Waals surface area contributed by atoms with Gasteiger partial charge in [-0.1, -0.05) is 55.4 Å². The summed E-state index contributed by atoms with van der Waals surface area (Å²) in [6, 6.07) is 8.87. The zero-order valence-corrected chi connectivity index (χ0v) is 40.8. The van der Waals surface area contributed by atoms with Crippen LogP contribution in [-0.4, -0.2) is 43.8 Å². The van der Waals surface area contributed by atoms with Crippen LogP contribution in [0, 0.1) is 11.6 Å². The van der Waals surface area contributed by atoms with Crippen LogP contribution in [-0.2, 0) is 51.5 Å². The molecule has 61 heavy (non-hydrogen) atoms. The Hall–Kier alpha value is -2.89. The smallest absolute Gasteiger partial charge is 0.247 e. The van der Waals surface area contributed by atoms with Crippen molar-refractivity contribution in [3.05, 3.63) is 103 Å². The molecule has 9 nitrogen and oxygen atoms in total. The van der Waals surface area contributed by atoms with Gasteiger partial charge in [0.15, 0.2) is 15.6 Å². The van der Waals surface area contributed by atoms with Crippen molar-refractivity contribution in [2.24, 2.45) is 5.14 Å². The van der Waals surface area contributed by atoms with Crippen LogP contribution in [0.1, 0.15) is 164 Å². The standard InChI is InChI=1S/C23H29FO4S2.C15H18ClFO.C7H11NO3S2/c1-13(2)16-8-15(24)9-18-21(16)17(10-22(18,3)4)19(25)12-30(27,28)20-7-14(11-29-20)23(5,6)26;1-8(2)10-5-9(17)6-12-13(10)11(14(16)18)7-15(12,3)4;1-7(2,9)5-3-6(12-4-5)13(8,10)11/h7-9,11,13,17,26H,10,12H2,1-6H3;5-6,8,11H,7H2,1-4H3;3-4,9H,1-2H3,(H2,8,10,11). The maximum Gasteiger partial charge on any atom is 0.247 e. The van der Waals surface area contributed by atoms with Crippen molar-refractivity contribution < 1.29 is 45.4 Å². The first-order chi connectivity index (χ1) is 27.6. The highest BCUT2D eigenvalue weighted by Crippen LogP contribution is 2.51. The average Bonchev–Trinajstić information content (AvgIpc) is 3.89. The first kappa shape index (κ1) is 50.8. The number of benzene rings is 2. The number of halogens is 3. The SMILES string of the molecule is CC(C)(O)c1csc(S(N)(=O)=O)c1.CC(C)c1cc(F)cc2c1C(C(=O)CS(=O)(=O)c1cc(C(C)(C)O)cs1)CC2(C)C.CC(C)c1cc(F)cc2c1C(C(=O)Cl)CC2(C)C. The van der Waals surface area contributed by atoms with Crippen LogP contribution in [0.4, 0.5) is 8.78 Å². The lowest BCUT2D eigenvalue weighted by Crippen LogP contribution is -2.23. The molecule has 0 bridgehead atoms. The third kappa shape index (κ3) is 11.6. The van der Waals surface area contributed by atoms with E-state index < -0.39 is 48.1 Å². The summed E-state index contributed by atoms with van der Waals surface area (Å²) in [6.07, 6.45) is 1.12. The highest BCUT2D eigenvalue weighted by molar-refractivity contribution is 7.94. The molecule has 2 heterocycles. The molecule has 0 saturated heterocycles. The van der Waals surface area contributed by atoms with Gasteiger partial charge in [-0.05, 0) is 166 Å². The number of aliphatic hydroxyl groups is 2. The number of carbonyl (C=O) groups excluding carboxylic acids is 2. The second-order valence-electron chi connectivity index (χ2n) is 19.0. The molecule has 336 valence electrons. The number of thiophene rings is 2. The number of nitrogens with two attached hydrogens (primary N) is 1. The zero-order valence-electron chi connectivity index (χ0n) is 36.7. The van der Waals surface area contributed by atoms with E-state index in [9.17, 15) is 45.4 Å². The van der Waals surface area contributed by atoms with Crippen LogP contribution in [0.3, 0.4) is 0 Å². The van der Waals surface area contributed by atoms with E-state index in [0.29, 0.717) is 24.0 Å². The van der Waals surface area contributed by atoms with Crippen molar-refractivity contribution in [3.8, 4) is 0 Å². The van der Waals surface area contributed by atoms with Crippen molar-refractivity contribution in [1.29, 1.82) is 0 Å². The molecule has 2 aliphatic carbocycles. The maximum absolute atomic E-state index is 14.2. The van der Waals surface area contributed by atoms with E-state index in [0.717, 1.165) is 56.1 Å². The molecular weight excluding hydrogens is 884 g/mol. The predicted molar refractivity (Wildman–Crippen MR) is 240 cm³/mol. The third-order valence-electron chi connectivity index (χ3n) is 11.3. The fraction of sp³-hybridized carbons (Fsp3) is 0.511. The van der Waals surface area contributed by atoms with Gasteiger partial charge in [0.25, 0.3) is 0 Å². The molecule has 2 aromatic heterocycles. The van der Waals surface area contributed by atoms with E-state index in [1.165, 1.54) is 30.3 Å². The van der Waals surface area contributed by atoms with E-state index in [2.05, 4.69) is 0 Å². The molecule has 2 aromatic carbocycles. The minimum atomic E-state index is -3.83. The van der Waals surface area contributed by atoms with Gasteiger partial charge < -0.3 is 10.2 Å². The summed E-state index contributed by atoms with van der Waals surface area (Å²) in [6.45, 7) is 22.3. The summed E-state index contributed by atoms with van der Waals surface area (Å²) >= 11 is 7.75. The van der Waals surface area contributed by atoms with E-state index in [1.54, 1.807) is 44.5 Å². The minimum Gasteiger partial charge on any atom is -0.386 e. The summed E-state index contributed by atoms with van der Waals surface area (Å²) in [4.78, 5) is 24.9. The van der Waals surface area contributed by atoms with Crippen molar-refractivity contribution in [2.45, 2.75) is 150 Å². The Bertz CT molecular complexity index is 2530. The van der Waals surface area contributed by atoms with Crippen LogP contribution < -0.4 is 5.14 Å². The van der Waals surface area contributed by atoms with Crippen LogP contribution in [0.25, 0.3) is 0 Å². The zero-order chi connectivity index (χ0) is 46.6. The Labute approximate surface area is 372 Å². The Morgan fingerprint density at radius 2 is 1.11 bits per heavy atom. The number of ketones is 1. The summed E-state index contributed by atoms with van der Waals surface area (Å²) < 4.78 is 75.8. The molecule has 4 aromatic rings. The Kier molecular flexibility index (Phi) is 14.9. The monoisotopic (exact) mass is 941 g/mol. The normalized spacial score (nSPS) is 18.2. The second kappa shape index (κ2) is 17.9. The van der Waals surface area contributed by atoms with Gasteiger partial charge in [0.05, 0.1) is 17.1 Å². The van der Waals surface area contributed by atoms with Gasteiger partial charge in [-0.25, -0.2) is 30.8 Å². The first-order valence-electron chi connectivity index (χ1n) is 19.9. The number of carbonyl (C=O) groups is 2. The number of sulfonamides is 1. The lowest BCUT2D eigenvalue weighted by atomic mass is 9.85. The second-order valence-corrected chi connectivity index (χ2v) is 25.2. The minimum absolute atomic E-state index is 0.0156. The molecule has 0 fully saturated rings. The fourth-order valence-electron chi connectivity index (χ4n) is 7.99. The van der Waals surface area contributed by atoms with Gasteiger partial charge in [-0.3, -0.25) is 9.59 Å². The lowest BCUT2D eigenvalue weighted by Gasteiger charge is -2.20. The Morgan fingerprint density at radius 3 is 1.46 bits per heavy atom. The summed E-state index contributed by atoms with van der Waals surface area (Å²) in [5.41, 5.74) is 3.42. The molecule has 0 spiro atoms. The molecule has 2 unspecified atom stereocenters. The van der Waals surface area contributed by atoms with Gasteiger partial charge in [-0.2, -0.15) is 0 Å². The number of hydrogen-bond donors (Lipinski definition) is 3. The van der Waals surface area contributed by atoms with Crippen molar-refractivity contribution in [1.82, 2.24) is 0 Å². The number of hydrogen-bond acceptors (Lipinski definition) is 10. The molecule has 2 atom stereocenters. The highest BCUT2D eigenvalue weighted by Gasteiger charge is 2.44.